The first-order valence-electron chi connectivity index (χ1n) is 7.36. The molecular formula is C14H22BrN2O4S+. The van der Waals surface area contributed by atoms with Crippen molar-refractivity contribution in [2.75, 3.05) is 46.0 Å². The number of nitrogens with one attached hydrogen (secondary N) is 2. The molecule has 0 aliphatic carbocycles. The third-order valence-electron chi connectivity index (χ3n) is 3.48. The van der Waals surface area contributed by atoms with Crippen molar-refractivity contribution in [3.8, 4) is 5.75 Å². The van der Waals surface area contributed by atoms with Crippen LogP contribution in [-0.4, -0.2) is 54.4 Å². The van der Waals surface area contributed by atoms with Crippen LogP contribution >= 0.6 is 15.9 Å². The second-order valence-corrected chi connectivity index (χ2v) is 7.66. The highest BCUT2D eigenvalue weighted by Crippen LogP contribution is 2.27. The monoisotopic (exact) mass is 393 g/mol. The van der Waals surface area contributed by atoms with E-state index in [2.05, 4.69) is 20.7 Å². The van der Waals surface area contributed by atoms with E-state index >= 15 is 0 Å². The van der Waals surface area contributed by atoms with Gasteiger partial charge >= 0.3 is 0 Å². The molecule has 8 heteroatoms. The summed E-state index contributed by atoms with van der Waals surface area (Å²) < 4.78 is 38.7. The fourth-order valence-corrected chi connectivity index (χ4v) is 3.68. The lowest BCUT2D eigenvalue weighted by Gasteiger charge is -2.23. The number of hydrogen-bond donors (Lipinski definition) is 2. The molecule has 1 aliphatic heterocycles. The van der Waals surface area contributed by atoms with E-state index in [9.17, 15) is 8.42 Å². The van der Waals surface area contributed by atoms with Gasteiger partial charge in [0.25, 0.3) is 0 Å². The molecule has 0 saturated carbocycles. The van der Waals surface area contributed by atoms with Crippen molar-refractivity contribution in [1.29, 1.82) is 0 Å². The second kappa shape index (κ2) is 8.26. The molecule has 1 fully saturated rings. The van der Waals surface area contributed by atoms with E-state index in [0.717, 1.165) is 37.3 Å². The molecule has 2 rings (SSSR count). The molecule has 124 valence electrons. The molecule has 6 nitrogen and oxygen atoms in total. The first kappa shape index (κ1) is 17.7. The van der Waals surface area contributed by atoms with E-state index in [1.807, 2.05) is 6.92 Å². The van der Waals surface area contributed by atoms with E-state index in [-0.39, 0.29) is 4.90 Å². The van der Waals surface area contributed by atoms with Crippen molar-refractivity contribution in [2.45, 2.75) is 11.8 Å². The molecule has 1 heterocycles. The van der Waals surface area contributed by atoms with Crippen molar-refractivity contribution in [3.63, 3.8) is 0 Å². The minimum atomic E-state index is -3.51. The zero-order valence-corrected chi connectivity index (χ0v) is 15.0. The van der Waals surface area contributed by atoms with Crippen LogP contribution in [0.25, 0.3) is 0 Å². The van der Waals surface area contributed by atoms with Crippen LogP contribution in [-0.2, 0) is 14.8 Å². The van der Waals surface area contributed by atoms with Gasteiger partial charge in [-0.2, -0.15) is 0 Å². The SMILES string of the molecule is CCOc1cc(S(=O)(=O)NCC[NH+]2CCOCC2)ccc1Br. The lowest BCUT2D eigenvalue weighted by molar-refractivity contribution is -0.906. The molecule has 0 aromatic heterocycles. The van der Waals surface area contributed by atoms with Gasteiger partial charge in [-0.15, -0.1) is 0 Å². The van der Waals surface area contributed by atoms with Crippen LogP contribution in [0.5, 0.6) is 5.75 Å². The quantitative estimate of drug-likeness (QED) is 0.686. The van der Waals surface area contributed by atoms with Gasteiger partial charge in [0.05, 0.1) is 42.3 Å². The third-order valence-corrected chi connectivity index (χ3v) is 5.60. The minimum absolute atomic E-state index is 0.219. The fourth-order valence-electron chi connectivity index (χ4n) is 2.27. The molecule has 1 aromatic carbocycles. The second-order valence-electron chi connectivity index (χ2n) is 5.04. The molecule has 0 atom stereocenters. The Labute approximate surface area is 140 Å². The Morgan fingerprint density at radius 3 is 2.77 bits per heavy atom. The van der Waals surface area contributed by atoms with Crippen LogP contribution in [0.2, 0.25) is 0 Å². The van der Waals surface area contributed by atoms with Crippen molar-refractivity contribution in [1.82, 2.24) is 4.72 Å². The van der Waals surface area contributed by atoms with Crippen LogP contribution in [0.4, 0.5) is 0 Å². The maximum absolute atomic E-state index is 12.3. The summed E-state index contributed by atoms with van der Waals surface area (Å²) in [4.78, 5) is 1.58. The molecule has 0 spiro atoms. The van der Waals surface area contributed by atoms with Gasteiger partial charge in [-0.1, -0.05) is 0 Å². The van der Waals surface area contributed by atoms with Crippen LogP contribution in [0.15, 0.2) is 27.6 Å². The summed E-state index contributed by atoms with van der Waals surface area (Å²) >= 11 is 3.35. The van der Waals surface area contributed by atoms with Gasteiger partial charge in [0.2, 0.25) is 10.0 Å². The maximum atomic E-state index is 12.3. The van der Waals surface area contributed by atoms with E-state index in [0.29, 0.717) is 18.9 Å². The highest BCUT2D eigenvalue weighted by atomic mass is 79.9. The normalized spacial score (nSPS) is 16.6. The summed E-state index contributed by atoms with van der Waals surface area (Å²) in [5, 5.41) is 0. The van der Waals surface area contributed by atoms with Crippen molar-refractivity contribution >= 4 is 26.0 Å². The molecule has 22 heavy (non-hydrogen) atoms. The highest BCUT2D eigenvalue weighted by molar-refractivity contribution is 9.10. The smallest absolute Gasteiger partial charge is 0.240 e. The molecule has 0 radical (unpaired) electrons. The lowest BCUT2D eigenvalue weighted by Crippen LogP contribution is -3.14. The van der Waals surface area contributed by atoms with Gasteiger partial charge in [0.15, 0.2) is 0 Å². The van der Waals surface area contributed by atoms with Crippen LogP contribution in [0, 0.1) is 0 Å². The van der Waals surface area contributed by atoms with Crippen molar-refractivity contribution < 1.29 is 22.8 Å². The van der Waals surface area contributed by atoms with Gasteiger partial charge in [0, 0.05) is 6.07 Å². The number of benzene rings is 1. The molecule has 1 aromatic rings. The van der Waals surface area contributed by atoms with Crippen LogP contribution < -0.4 is 14.4 Å². The molecular weight excluding hydrogens is 372 g/mol. The van der Waals surface area contributed by atoms with E-state index in [1.165, 1.54) is 11.0 Å². The molecule has 1 aliphatic rings. The number of morpholine rings is 1. The Hall–Kier alpha value is -0.670. The van der Waals surface area contributed by atoms with E-state index < -0.39 is 10.0 Å². The maximum Gasteiger partial charge on any atom is 0.240 e. The van der Waals surface area contributed by atoms with Crippen LogP contribution in [0.3, 0.4) is 0 Å². The zero-order chi connectivity index (χ0) is 16.0. The summed E-state index contributed by atoms with van der Waals surface area (Å²) in [7, 11) is -3.51. The molecule has 0 unspecified atom stereocenters. The minimum Gasteiger partial charge on any atom is -0.493 e. The number of ether oxygens (including phenoxy) is 2. The Kier molecular flexibility index (Phi) is 6.64. The first-order valence-corrected chi connectivity index (χ1v) is 9.64. The Morgan fingerprint density at radius 1 is 1.36 bits per heavy atom. The van der Waals surface area contributed by atoms with Gasteiger partial charge in [-0.25, -0.2) is 13.1 Å². The molecule has 2 N–H and O–H groups in total. The highest BCUT2D eigenvalue weighted by Gasteiger charge is 2.18. The average Bonchev–Trinajstić information content (AvgIpc) is 2.50. The Balaban J connectivity index is 1.95. The van der Waals surface area contributed by atoms with Gasteiger partial charge in [-0.3, -0.25) is 0 Å². The topological polar surface area (TPSA) is 69.1 Å². The predicted molar refractivity (Wildman–Crippen MR) is 86.9 cm³/mol. The fraction of sp³-hybridized carbons (Fsp3) is 0.571. The summed E-state index contributed by atoms with van der Waals surface area (Å²) in [6.07, 6.45) is 0. The zero-order valence-electron chi connectivity index (χ0n) is 12.6. The number of hydrogen-bond acceptors (Lipinski definition) is 4. The first-order chi connectivity index (χ1) is 10.5. The number of sulfonamides is 1. The van der Waals surface area contributed by atoms with E-state index in [1.54, 1.807) is 12.1 Å². The van der Waals surface area contributed by atoms with Crippen LogP contribution in [0.1, 0.15) is 6.92 Å². The number of halogens is 1. The number of quaternary nitrogens is 1. The van der Waals surface area contributed by atoms with Crippen molar-refractivity contribution in [2.24, 2.45) is 0 Å². The van der Waals surface area contributed by atoms with Crippen molar-refractivity contribution in [3.05, 3.63) is 22.7 Å². The third kappa shape index (κ3) is 4.92. The standard InChI is InChI=1S/C14H21BrN2O4S/c1-2-21-14-11-12(3-4-13(14)15)22(18,19)16-5-6-17-7-9-20-10-8-17/h3-4,11,16H,2,5-10H2,1H3/p+1. The van der Waals surface area contributed by atoms with Gasteiger partial charge < -0.3 is 14.4 Å². The summed E-state index contributed by atoms with van der Waals surface area (Å²) in [5.74, 6) is 0.532. The average molecular weight is 394 g/mol. The predicted octanol–water partition coefficient (Wildman–Crippen LogP) is 0.0412. The van der Waals surface area contributed by atoms with Gasteiger partial charge in [0.1, 0.15) is 18.8 Å². The molecule has 1 saturated heterocycles. The van der Waals surface area contributed by atoms with E-state index in [4.69, 9.17) is 9.47 Å². The Bertz CT molecular complexity index is 589. The molecule has 0 bridgehead atoms. The summed E-state index contributed by atoms with van der Waals surface area (Å²) in [6.45, 7) is 6.85. The largest absolute Gasteiger partial charge is 0.493 e. The molecule has 0 amide bonds. The Morgan fingerprint density at radius 2 is 2.09 bits per heavy atom. The summed E-state index contributed by atoms with van der Waals surface area (Å²) in [5.41, 5.74) is 0. The lowest BCUT2D eigenvalue weighted by atomic mass is 10.3. The van der Waals surface area contributed by atoms with Gasteiger partial charge in [-0.05, 0) is 35.0 Å². The summed E-state index contributed by atoms with van der Waals surface area (Å²) in [6, 6.07) is 4.79. The number of rotatable bonds is 7.